The Morgan fingerprint density at radius 2 is 1.58 bits per heavy atom. The molecule has 1 atom stereocenters. The first-order chi connectivity index (χ1) is 15.7. The summed E-state index contributed by atoms with van der Waals surface area (Å²) >= 11 is 0. The molecule has 0 bridgehead atoms. The molecule has 170 valence electrons. The third kappa shape index (κ3) is 6.92. The first-order valence-corrected chi connectivity index (χ1v) is 11.1. The summed E-state index contributed by atoms with van der Waals surface area (Å²) in [5, 5.41) is 0. The molecule has 3 aromatic rings. The van der Waals surface area contributed by atoms with E-state index in [9.17, 15) is 9.59 Å². The third-order valence-corrected chi connectivity index (χ3v) is 5.39. The van der Waals surface area contributed by atoms with Crippen LogP contribution in [0.25, 0.3) is 0 Å². The molecule has 0 saturated heterocycles. The number of oxazole rings is 1. The van der Waals surface area contributed by atoms with Crippen LogP contribution in [-0.2, 0) is 17.8 Å². The summed E-state index contributed by atoms with van der Waals surface area (Å²) in [6.45, 7) is 7.77. The number of carbonyl (C=O) groups excluding carboxylic acids is 2. The second kappa shape index (κ2) is 10.8. The second-order valence-electron chi connectivity index (χ2n) is 8.64. The zero-order valence-electron chi connectivity index (χ0n) is 19.9. The SMILES string of the molecule is CC(=O)CC(C)Cc1ccc(C#Cc2ccc(C(=O)N(C)Cc3nc(C)oc3C)cc2)cc1. The van der Waals surface area contributed by atoms with Gasteiger partial charge >= 0.3 is 0 Å². The van der Waals surface area contributed by atoms with Crippen LogP contribution in [0.1, 0.15) is 64.7 Å². The molecule has 1 aromatic heterocycles. The molecule has 1 heterocycles. The van der Waals surface area contributed by atoms with Crippen molar-refractivity contribution in [3.8, 4) is 11.8 Å². The van der Waals surface area contributed by atoms with Crippen molar-refractivity contribution in [3.63, 3.8) is 0 Å². The van der Waals surface area contributed by atoms with Gasteiger partial charge in [-0.25, -0.2) is 4.98 Å². The molecule has 3 rings (SSSR count). The zero-order valence-corrected chi connectivity index (χ0v) is 19.9. The van der Waals surface area contributed by atoms with Crippen LogP contribution in [0.2, 0.25) is 0 Å². The van der Waals surface area contributed by atoms with Gasteiger partial charge in [-0.05, 0) is 68.1 Å². The minimum Gasteiger partial charge on any atom is -0.446 e. The van der Waals surface area contributed by atoms with Crippen molar-refractivity contribution in [1.29, 1.82) is 0 Å². The average Bonchev–Trinajstić information content (AvgIpc) is 3.09. The van der Waals surface area contributed by atoms with Crippen LogP contribution in [0.15, 0.2) is 52.9 Å². The Morgan fingerprint density at radius 1 is 1.00 bits per heavy atom. The van der Waals surface area contributed by atoms with Crippen molar-refractivity contribution < 1.29 is 14.0 Å². The number of Topliss-reactive ketones (excluding diaryl/α,β-unsaturated/α-hetero) is 1. The van der Waals surface area contributed by atoms with E-state index in [0.29, 0.717) is 30.3 Å². The van der Waals surface area contributed by atoms with Crippen LogP contribution in [0.3, 0.4) is 0 Å². The second-order valence-corrected chi connectivity index (χ2v) is 8.64. The fourth-order valence-corrected chi connectivity index (χ4v) is 3.77. The minimum absolute atomic E-state index is 0.0795. The molecule has 0 spiro atoms. The highest BCUT2D eigenvalue weighted by atomic mass is 16.4. The maximum atomic E-state index is 12.7. The summed E-state index contributed by atoms with van der Waals surface area (Å²) in [6, 6.07) is 15.4. The predicted octanol–water partition coefficient (Wildman–Crippen LogP) is 5.12. The van der Waals surface area contributed by atoms with Crippen LogP contribution < -0.4 is 0 Å². The van der Waals surface area contributed by atoms with Gasteiger partial charge in [-0.15, -0.1) is 0 Å². The quantitative estimate of drug-likeness (QED) is 0.477. The smallest absolute Gasteiger partial charge is 0.253 e. The standard InChI is InChI=1S/C28H30N2O3/c1-19(16-20(2)31)17-25-10-8-23(9-11-25)6-7-24-12-14-26(15-13-24)28(32)30(5)18-27-21(3)33-22(4)29-27/h8-15,19H,16-18H2,1-5H3. The summed E-state index contributed by atoms with van der Waals surface area (Å²) < 4.78 is 5.44. The molecular weight excluding hydrogens is 412 g/mol. The first kappa shape index (κ1) is 24.0. The Bertz CT molecular complexity index is 1180. The molecular formula is C28H30N2O3. The number of rotatable bonds is 7. The van der Waals surface area contributed by atoms with E-state index in [-0.39, 0.29) is 11.7 Å². The van der Waals surface area contributed by atoms with Gasteiger partial charge in [0.15, 0.2) is 5.89 Å². The first-order valence-electron chi connectivity index (χ1n) is 11.1. The van der Waals surface area contributed by atoms with Gasteiger partial charge in [0.05, 0.1) is 6.54 Å². The maximum Gasteiger partial charge on any atom is 0.253 e. The van der Waals surface area contributed by atoms with Gasteiger partial charge in [0.1, 0.15) is 17.2 Å². The molecule has 0 aliphatic heterocycles. The van der Waals surface area contributed by atoms with Gasteiger partial charge in [0, 0.05) is 37.1 Å². The Labute approximate surface area is 195 Å². The molecule has 0 N–H and O–H groups in total. The number of amides is 1. The van der Waals surface area contributed by atoms with E-state index >= 15 is 0 Å². The van der Waals surface area contributed by atoms with Crippen molar-refractivity contribution in [2.45, 2.75) is 47.1 Å². The van der Waals surface area contributed by atoms with Crippen LogP contribution in [0.4, 0.5) is 0 Å². The molecule has 2 aromatic carbocycles. The Balaban J connectivity index is 1.60. The lowest BCUT2D eigenvalue weighted by molar-refractivity contribution is -0.117. The van der Waals surface area contributed by atoms with Gasteiger partial charge < -0.3 is 14.1 Å². The van der Waals surface area contributed by atoms with E-state index in [1.807, 2.05) is 31.2 Å². The third-order valence-electron chi connectivity index (χ3n) is 5.39. The van der Waals surface area contributed by atoms with E-state index in [1.165, 1.54) is 5.56 Å². The number of nitrogens with zero attached hydrogens (tertiary/aromatic N) is 2. The Morgan fingerprint density at radius 3 is 2.09 bits per heavy atom. The molecule has 0 saturated carbocycles. The monoisotopic (exact) mass is 442 g/mol. The Kier molecular flexibility index (Phi) is 7.84. The molecule has 0 fully saturated rings. The van der Waals surface area contributed by atoms with E-state index in [0.717, 1.165) is 29.0 Å². The molecule has 1 amide bonds. The number of benzene rings is 2. The number of carbonyl (C=O) groups is 2. The van der Waals surface area contributed by atoms with Gasteiger partial charge in [-0.1, -0.05) is 30.9 Å². The summed E-state index contributed by atoms with van der Waals surface area (Å²) in [6.07, 6.45) is 1.49. The van der Waals surface area contributed by atoms with Crippen molar-refractivity contribution in [1.82, 2.24) is 9.88 Å². The highest BCUT2D eigenvalue weighted by Gasteiger charge is 2.15. The highest BCUT2D eigenvalue weighted by Crippen LogP contribution is 2.15. The zero-order chi connectivity index (χ0) is 24.0. The van der Waals surface area contributed by atoms with E-state index in [1.54, 1.807) is 37.9 Å². The molecule has 33 heavy (non-hydrogen) atoms. The van der Waals surface area contributed by atoms with Crippen LogP contribution in [0, 0.1) is 31.6 Å². The van der Waals surface area contributed by atoms with Crippen LogP contribution in [-0.4, -0.2) is 28.6 Å². The van der Waals surface area contributed by atoms with Gasteiger partial charge in [-0.3, -0.25) is 4.79 Å². The highest BCUT2D eigenvalue weighted by molar-refractivity contribution is 5.94. The number of hydrogen-bond acceptors (Lipinski definition) is 4. The Hall–Kier alpha value is -3.65. The van der Waals surface area contributed by atoms with E-state index in [4.69, 9.17) is 4.42 Å². The van der Waals surface area contributed by atoms with Gasteiger partial charge in [-0.2, -0.15) is 0 Å². The molecule has 0 radical (unpaired) electrons. The summed E-state index contributed by atoms with van der Waals surface area (Å²) in [4.78, 5) is 30.0. The fraction of sp³-hybridized carbons (Fsp3) is 0.321. The van der Waals surface area contributed by atoms with E-state index < -0.39 is 0 Å². The van der Waals surface area contributed by atoms with E-state index in [2.05, 4.69) is 35.9 Å². The number of aryl methyl sites for hydroxylation is 2. The number of ketones is 1. The summed E-state index contributed by atoms with van der Waals surface area (Å²) in [7, 11) is 1.75. The van der Waals surface area contributed by atoms with Crippen molar-refractivity contribution in [3.05, 3.63) is 88.1 Å². The van der Waals surface area contributed by atoms with Gasteiger partial charge in [0.2, 0.25) is 0 Å². The van der Waals surface area contributed by atoms with Crippen molar-refractivity contribution >= 4 is 11.7 Å². The van der Waals surface area contributed by atoms with Crippen LogP contribution >= 0.6 is 0 Å². The topological polar surface area (TPSA) is 63.4 Å². The van der Waals surface area contributed by atoms with Crippen molar-refractivity contribution in [2.24, 2.45) is 5.92 Å². The summed E-state index contributed by atoms with van der Waals surface area (Å²) in [5.74, 6) is 8.14. The normalized spacial score (nSPS) is 11.4. The molecule has 5 nitrogen and oxygen atoms in total. The largest absolute Gasteiger partial charge is 0.446 e. The lowest BCUT2D eigenvalue weighted by Crippen LogP contribution is -2.26. The predicted molar refractivity (Wildman–Crippen MR) is 129 cm³/mol. The number of aromatic nitrogens is 1. The molecule has 5 heteroatoms. The lowest BCUT2D eigenvalue weighted by Gasteiger charge is -2.16. The maximum absolute atomic E-state index is 12.7. The minimum atomic E-state index is -0.0795. The van der Waals surface area contributed by atoms with Crippen LogP contribution in [0.5, 0.6) is 0 Å². The lowest BCUT2D eigenvalue weighted by atomic mass is 9.96. The average molecular weight is 443 g/mol. The van der Waals surface area contributed by atoms with Gasteiger partial charge in [0.25, 0.3) is 5.91 Å². The molecule has 0 aliphatic rings. The number of hydrogen-bond donors (Lipinski definition) is 0. The molecule has 0 aliphatic carbocycles. The summed E-state index contributed by atoms with van der Waals surface area (Å²) in [5.41, 5.74) is 4.35. The fourth-order valence-electron chi connectivity index (χ4n) is 3.77. The van der Waals surface area contributed by atoms with Crippen molar-refractivity contribution in [2.75, 3.05) is 7.05 Å². The molecule has 1 unspecified atom stereocenters.